The fourth-order valence-corrected chi connectivity index (χ4v) is 1.78. The molecule has 0 aliphatic carbocycles. The maximum absolute atomic E-state index is 12.0. The Balaban J connectivity index is 2.09. The molecule has 4 heteroatoms. The van der Waals surface area contributed by atoms with E-state index in [2.05, 4.69) is 0 Å². The second-order valence-corrected chi connectivity index (χ2v) is 4.36. The van der Waals surface area contributed by atoms with Gasteiger partial charge in [-0.2, -0.15) is 0 Å². The Morgan fingerprint density at radius 3 is 2.29 bits per heavy atom. The fraction of sp³-hybridized carbons (Fsp3) is 0.118. The van der Waals surface area contributed by atoms with Crippen LogP contribution < -0.4 is 4.74 Å². The van der Waals surface area contributed by atoms with Crippen LogP contribution in [-0.4, -0.2) is 29.2 Å². The molecule has 0 spiro atoms. The molecule has 0 saturated carbocycles. The van der Waals surface area contributed by atoms with Crippen molar-refractivity contribution in [3.05, 3.63) is 71.8 Å². The van der Waals surface area contributed by atoms with Crippen molar-refractivity contribution in [3.8, 4) is 5.75 Å². The van der Waals surface area contributed by atoms with E-state index < -0.39 is 0 Å². The molecule has 2 N–H and O–H groups in total. The average molecular weight is 284 g/mol. The minimum Gasteiger partial charge on any atom is -0.507 e. The highest BCUT2D eigenvalue weighted by Crippen LogP contribution is 2.15. The van der Waals surface area contributed by atoms with Gasteiger partial charge in [-0.3, -0.25) is 4.79 Å². The number of ketones is 1. The Kier molecular flexibility index (Phi) is 5.12. The second-order valence-electron chi connectivity index (χ2n) is 4.36. The first-order valence-corrected chi connectivity index (χ1v) is 6.55. The van der Waals surface area contributed by atoms with Crippen molar-refractivity contribution in [3.63, 3.8) is 0 Å². The Bertz CT molecular complexity index is 615. The van der Waals surface area contributed by atoms with Gasteiger partial charge >= 0.3 is 0 Å². The smallest absolute Gasteiger partial charge is 0.189 e. The molecule has 0 saturated heterocycles. The van der Waals surface area contributed by atoms with Crippen molar-refractivity contribution in [2.45, 2.75) is 0 Å². The van der Waals surface area contributed by atoms with E-state index in [4.69, 9.17) is 9.84 Å². The van der Waals surface area contributed by atoms with Crippen LogP contribution in [0.5, 0.6) is 5.75 Å². The molecule has 0 aromatic heterocycles. The van der Waals surface area contributed by atoms with Crippen LogP contribution in [-0.2, 0) is 0 Å². The summed E-state index contributed by atoms with van der Waals surface area (Å²) in [6, 6.07) is 15.4. The Hall–Kier alpha value is -2.59. The standard InChI is InChI=1S/C17H16O4/c18-10-11-21-15-8-6-14(7-9-15)17(20)12-16(19)13-4-2-1-3-5-13/h1-9,12,18-19H,10-11H2. The van der Waals surface area contributed by atoms with Crippen LogP contribution >= 0.6 is 0 Å². The summed E-state index contributed by atoms with van der Waals surface area (Å²) in [6.07, 6.45) is 1.19. The van der Waals surface area contributed by atoms with Crippen LogP contribution in [0.4, 0.5) is 0 Å². The molecule has 0 aliphatic rings. The number of hydrogen-bond acceptors (Lipinski definition) is 4. The quantitative estimate of drug-likeness (QED) is 0.486. The van der Waals surface area contributed by atoms with Crippen molar-refractivity contribution < 1.29 is 19.7 Å². The van der Waals surface area contributed by atoms with Crippen LogP contribution in [0.25, 0.3) is 5.76 Å². The Morgan fingerprint density at radius 1 is 1.00 bits per heavy atom. The van der Waals surface area contributed by atoms with E-state index in [0.717, 1.165) is 0 Å². The molecule has 2 rings (SSSR count). The summed E-state index contributed by atoms with van der Waals surface area (Å²) in [5.74, 6) is 0.225. The number of allylic oxidation sites excluding steroid dienone is 1. The van der Waals surface area contributed by atoms with Crippen LogP contribution in [0.1, 0.15) is 15.9 Å². The van der Waals surface area contributed by atoms with Crippen molar-refractivity contribution in [1.29, 1.82) is 0 Å². The molecule has 0 atom stereocenters. The number of hydrogen-bond donors (Lipinski definition) is 2. The Labute approximate surface area is 122 Å². The predicted octanol–water partition coefficient (Wildman–Crippen LogP) is 2.84. The topological polar surface area (TPSA) is 66.8 Å². The summed E-state index contributed by atoms with van der Waals surface area (Å²) in [4.78, 5) is 12.0. The SMILES string of the molecule is O=C(C=C(O)c1ccccc1)c1ccc(OCCO)cc1. The number of carbonyl (C=O) groups is 1. The van der Waals surface area contributed by atoms with Crippen LogP contribution in [0.2, 0.25) is 0 Å². The number of carbonyl (C=O) groups excluding carboxylic acids is 1. The molecular formula is C17H16O4. The first kappa shape index (κ1) is 14.8. The van der Waals surface area contributed by atoms with Gasteiger partial charge in [0.05, 0.1) is 6.61 Å². The maximum Gasteiger partial charge on any atom is 0.189 e. The van der Waals surface area contributed by atoms with Crippen molar-refractivity contribution >= 4 is 11.5 Å². The molecule has 108 valence electrons. The van der Waals surface area contributed by atoms with E-state index in [9.17, 15) is 9.90 Å². The van der Waals surface area contributed by atoms with Gasteiger partial charge in [-0.25, -0.2) is 0 Å². The van der Waals surface area contributed by atoms with Crippen LogP contribution in [0.3, 0.4) is 0 Å². The van der Waals surface area contributed by atoms with E-state index in [1.54, 1.807) is 48.5 Å². The molecule has 2 aromatic rings. The molecule has 0 amide bonds. The summed E-state index contributed by atoms with van der Waals surface area (Å²) in [6.45, 7) is 0.149. The van der Waals surface area contributed by atoms with Gasteiger partial charge in [0.15, 0.2) is 5.78 Å². The summed E-state index contributed by atoms with van der Waals surface area (Å²) in [7, 11) is 0. The number of benzene rings is 2. The zero-order valence-electron chi connectivity index (χ0n) is 11.4. The number of aliphatic hydroxyl groups excluding tert-OH is 2. The third-order valence-corrected chi connectivity index (χ3v) is 2.84. The molecule has 0 aliphatic heterocycles. The minimum atomic E-state index is -0.287. The lowest BCUT2D eigenvalue weighted by atomic mass is 10.1. The molecule has 0 radical (unpaired) electrons. The molecule has 0 unspecified atom stereocenters. The highest BCUT2D eigenvalue weighted by Gasteiger charge is 2.06. The number of rotatable bonds is 6. The summed E-state index contributed by atoms with van der Waals surface area (Å²) in [5.41, 5.74) is 1.04. The summed E-state index contributed by atoms with van der Waals surface area (Å²) < 4.78 is 5.21. The fourth-order valence-electron chi connectivity index (χ4n) is 1.78. The minimum absolute atomic E-state index is 0.0611. The third kappa shape index (κ3) is 4.19. The van der Waals surface area contributed by atoms with Gasteiger partial charge in [0.2, 0.25) is 0 Å². The van der Waals surface area contributed by atoms with Gasteiger partial charge in [-0.05, 0) is 24.3 Å². The van der Waals surface area contributed by atoms with E-state index in [1.165, 1.54) is 6.08 Å². The van der Waals surface area contributed by atoms with Crippen LogP contribution in [0.15, 0.2) is 60.7 Å². The number of ether oxygens (including phenoxy) is 1. The monoisotopic (exact) mass is 284 g/mol. The Morgan fingerprint density at radius 2 is 1.67 bits per heavy atom. The van der Waals surface area contributed by atoms with E-state index in [0.29, 0.717) is 16.9 Å². The van der Waals surface area contributed by atoms with Gasteiger partial charge in [0, 0.05) is 17.2 Å². The molecule has 0 heterocycles. The highest BCUT2D eigenvalue weighted by atomic mass is 16.5. The average Bonchev–Trinajstić information content (AvgIpc) is 2.54. The van der Waals surface area contributed by atoms with Gasteiger partial charge in [0.1, 0.15) is 18.1 Å². The first-order chi connectivity index (χ1) is 10.2. The summed E-state index contributed by atoms with van der Waals surface area (Å²) in [5, 5.41) is 18.6. The lowest BCUT2D eigenvalue weighted by molar-refractivity contribution is 0.104. The van der Waals surface area contributed by atoms with Gasteiger partial charge in [0.25, 0.3) is 0 Å². The van der Waals surface area contributed by atoms with Gasteiger partial charge < -0.3 is 14.9 Å². The van der Waals surface area contributed by atoms with Crippen molar-refractivity contribution in [2.24, 2.45) is 0 Å². The number of aliphatic hydroxyl groups is 2. The largest absolute Gasteiger partial charge is 0.507 e. The van der Waals surface area contributed by atoms with Crippen molar-refractivity contribution in [1.82, 2.24) is 0 Å². The zero-order chi connectivity index (χ0) is 15.1. The lowest BCUT2D eigenvalue weighted by Gasteiger charge is -2.04. The molecular weight excluding hydrogens is 268 g/mol. The van der Waals surface area contributed by atoms with Crippen LogP contribution in [0, 0.1) is 0 Å². The molecule has 21 heavy (non-hydrogen) atoms. The normalized spacial score (nSPS) is 11.2. The molecule has 0 bridgehead atoms. The zero-order valence-corrected chi connectivity index (χ0v) is 11.4. The van der Waals surface area contributed by atoms with Gasteiger partial charge in [-0.15, -0.1) is 0 Å². The molecule has 0 fully saturated rings. The molecule has 4 nitrogen and oxygen atoms in total. The molecule has 2 aromatic carbocycles. The highest BCUT2D eigenvalue weighted by molar-refractivity contribution is 6.07. The van der Waals surface area contributed by atoms with E-state index in [-0.39, 0.29) is 24.8 Å². The third-order valence-electron chi connectivity index (χ3n) is 2.84. The first-order valence-electron chi connectivity index (χ1n) is 6.55. The van der Waals surface area contributed by atoms with Gasteiger partial charge in [-0.1, -0.05) is 30.3 Å². The van der Waals surface area contributed by atoms with E-state index in [1.807, 2.05) is 6.07 Å². The predicted molar refractivity (Wildman–Crippen MR) is 80.4 cm³/mol. The summed E-state index contributed by atoms with van der Waals surface area (Å²) >= 11 is 0. The second kappa shape index (κ2) is 7.26. The maximum atomic E-state index is 12.0. The lowest BCUT2D eigenvalue weighted by Crippen LogP contribution is -2.02. The van der Waals surface area contributed by atoms with Crippen molar-refractivity contribution in [2.75, 3.05) is 13.2 Å². The van der Waals surface area contributed by atoms with E-state index >= 15 is 0 Å².